The molecule has 0 heterocycles. The Bertz CT molecular complexity index is 199. The van der Waals surface area contributed by atoms with Crippen molar-refractivity contribution >= 4 is 5.91 Å². The molecule has 0 aromatic carbocycles. The Kier molecular flexibility index (Phi) is 12.3. The highest BCUT2D eigenvalue weighted by Gasteiger charge is 2.00. The number of amides is 1. The van der Waals surface area contributed by atoms with Gasteiger partial charge in [0.2, 0.25) is 5.91 Å². The molecule has 0 saturated carbocycles. The number of nitrogens with one attached hydrogen (secondary N) is 3. The van der Waals surface area contributed by atoms with E-state index in [2.05, 4.69) is 36.7 Å². The zero-order chi connectivity index (χ0) is 13.6. The van der Waals surface area contributed by atoms with E-state index in [0.717, 1.165) is 32.6 Å². The molecular weight excluding hydrogens is 230 g/mol. The lowest BCUT2D eigenvalue weighted by Crippen LogP contribution is -2.29. The molecule has 18 heavy (non-hydrogen) atoms. The van der Waals surface area contributed by atoms with E-state index in [4.69, 9.17) is 4.74 Å². The van der Waals surface area contributed by atoms with Crippen LogP contribution in [-0.4, -0.2) is 51.3 Å². The van der Waals surface area contributed by atoms with Crippen LogP contribution in [0.3, 0.4) is 0 Å². The van der Waals surface area contributed by atoms with E-state index >= 15 is 0 Å². The molecule has 0 atom stereocenters. The van der Waals surface area contributed by atoms with Crippen LogP contribution in [0.1, 0.15) is 33.6 Å². The summed E-state index contributed by atoms with van der Waals surface area (Å²) in [5.74, 6) is 0.0725. The van der Waals surface area contributed by atoms with Gasteiger partial charge in [-0.25, -0.2) is 0 Å². The average Bonchev–Trinajstić information content (AvgIpc) is 2.33. The van der Waals surface area contributed by atoms with Gasteiger partial charge in [-0.1, -0.05) is 20.8 Å². The number of carbonyl (C=O) groups excluding carboxylic acids is 1. The predicted molar refractivity (Wildman–Crippen MR) is 74.7 cm³/mol. The summed E-state index contributed by atoms with van der Waals surface area (Å²) in [6, 6.07) is 0.480. The van der Waals surface area contributed by atoms with Crippen molar-refractivity contribution in [2.45, 2.75) is 39.7 Å². The first-order valence-corrected chi connectivity index (χ1v) is 6.95. The summed E-state index contributed by atoms with van der Waals surface area (Å²) in [7, 11) is 0. The summed E-state index contributed by atoms with van der Waals surface area (Å²) >= 11 is 0. The van der Waals surface area contributed by atoms with Crippen LogP contribution in [-0.2, 0) is 9.53 Å². The fourth-order valence-corrected chi connectivity index (χ4v) is 1.39. The number of carbonyl (C=O) groups is 1. The molecule has 0 spiro atoms. The monoisotopic (exact) mass is 259 g/mol. The van der Waals surface area contributed by atoms with Gasteiger partial charge in [0.1, 0.15) is 0 Å². The lowest BCUT2D eigenvalue weighted by Gasteiger charge is -2.09. The Hall–Kier alpha value is -0.650. The summed E-state index contributed by atoms with van der Waals surface area (Å²) in [6.07, 6.45) is 1.42. The van der Waals surface area contributed by atoms with Gasteiger partial charge in [0.05, 0.1) is 13.2 Å². The van der Waals surface area contributed by atoms with Crippen LogP contribution in [0.25, 0.3) is 0 Å². The molecule has 0 fully saturated rings. The van der Waals surface area contributed by atoms with Gasteiger partial charge in [-0.3, -0.25) is 4.79 Å². The van der Waals surface area contributed by atoms with Crippen LogP contribution in [0, 0.1) is 0 Å². The first-order valence-electron chi connectivity index (χ1n) is 6.95. The third-order valence-corrected chi connectivity index (χ3v) is 2.37. The molecule has 0 rings (SSSR count). The van der Waals surface area contributed by atoms with Crippen LogP contribution < -0.4 is 16.0 Å². The van der Waals surface area contributed by atoms with Crippen molar-refractivity contribution in [3.8, 4) is 0 Å². The van der Waals surface area contributed by atoms with Crippen molar-refractivity contribution in [2.24, 2.45) is 0 Å². The van der Waals surface area contributed by atoms with E-state index in [9.17, 15) is 4.79 Å². The second kappa shape index (κ2) is 12.8. The first-order chi connectivity index (χ1) is 8.66. The van der Waals surface area contributed by atoms with Crippen molar-refractivity contribution in [1.29, 1.82) is 0 Å². The van der Waals surface area contributed by atoms with Crippen molar-refractivity contribution in [3.63, 3.8) is 0 Å². The zero-order valence-electron chi connectivity index (χ0n) is 12.1. The minimum Gasteiger partial charge on any atom is -0.380 e. The van der Waals surface area contributed by atoms with E-state index in [1.807, 2.05) is 0 Å². The van der Waals surface area contributed by atoms with Gasteiger partial charge in [-0.2, -0.15) is 0 Å². The predicted octanol–water partition coefficient (Wildman–Crippen LogP) is 0.507. The van der Waals surface area contributed by atoms with Gasteiger partial charge < -0.3 is 20.7 Å². The molecule has 0 aliphatic heterocycles. The number of hydrogen-bond acceptors (Lipinski definition) is 4. The third kappa shape index (κ3) is 13.4. The van der Waals surface area contributed by atoms with Crippen LogP contribution in [0.2, 0.25) is 0 Å². The fourth-order valence-electron chi connectivity index (χ4n) is 1.39. The van der Waals surface area contributed by atoms with E-state index in [-0.39, 0.29) is 5.91 Å². The van der Waals surface area contributed by atoms with Crippen molar-refractivity contribution < 1.29 is 9.53 Å². The van der Waals surface area contributed by atoms with Gasteiger partial charge >= 0.3 is 0 Å². The maximum atomic E-state index is 11.4. The Labute approximate surface area is 111 Å². The molecular formula is C13H29N3O2. The Morgan fingerprint density at radius 3 is 2.61 bits per heavy atom. The van der Waals surface area contributed by atoms with E-state index in [0.29, 0.717) is 25.7 Å². The normalized spacial score (nSPS) is 10.9. The van der Waals surface area contributed by atoms with Gasteiger partial charge in [0.15, 0.2) is 0 Å². The largest absolute Gasteiger partial charge is 0.380 e. The summed E-state index contributed by atoms with van der Waals surface area (Å²) in [6.45, 7) is 10.9. The van der Waals surface area contributed by atoms with Crippen molar-refractivity contribution in [2.75, 3.05) is 39.4 Å². The molecule has 0 saturated heterocycles. The maximum absolute atomic E-state index is 11.4. The summed E-state index contributed by atoms with van der Waals surface area (Å²) in [5.41, 5.74) is 0. The third-order valence-electron chi connectivity index (χ3n) is 2.37. The SMILES string of the molecule is CCNCCCNC(=O)CCOCCNC(C)C. The van der Waals surface area contributed by atoms with Gasteiger partial charge in [0, 0.05) is 25.6 Å². The lowest BCUT2D eigenvalue weighted by molar-refractivity contribution is -0.122. The zero-order valence-corrected chi connectivity index (χ0v) is 12.1. The standard InChI is InChI=1S/C13H29N3O2/c1-4-14-7-5-8-16-13(17)6-10-18-11-9-15-12(2)3/h12,14-15H,4-11H2,1-3H3,(H,16,17). The van der Waals surface area contributed by atoms with Gasteiger partial charge in [-0.05, 0) is 19.5 Å². The Morgan fingerprint density at radius 2 is 1.94 bits per heavy atom. The minimum absolute atomic E-state index is 0.0725. The smallest absolute Gasteiger partial charge is 0.222 e. The molecule has 0 aromatic rings. The summed E-state index contributed by atoms with van der Waals surface area (Å²) in [5, 5.41) is 9.35. The molecule has 0 radical (unpaired) electrons. The second-order valence-electron chi connectivity index (χ2n) is 4.53. The van der Waals surface area contributed by atoms with Crippen LogP contribution in [0.15, 0.2) is 0 Å². The molecule has 5 heteroatoms. The topological polar surface area (TPSA) is 62.4 Å². The fraction of sp³-hybridized carbons (Fsp3) is 0.923. The molecule has 0 bridgehead atoms. The quantitative estimate of drug-likeness (QED) is 0.447. The van der Waals surface area contributed by atoms with Crippen LogP contribution >= 0.6 is 0 Å². The van der Waals surface area contributed by atoms with E-state index in [1.54, 1.807) is 0 Å². The van der Waals surface area contributed by atoms with Crippen LogP contribution in [0.4, 0.5) is 0 Å². The molecule has 0 unspecified atom stereocenters. The average molecular weight is 259 g/mol. The Balaban J connectivity index is 3.17. The highest BCUT2D eigenvalue weighted by Crippen LogP contribution is 1.84. The van der Waals surface area contributed by atoms with Crippen molar-refractivity contribution in [1.82, 2.24) is 16.0 Å². The second-order valence-corrected chi connectivity index (χ2v) is 4.53. The summed E-state index contributed by atoms with van der Waals surface area (Å²) < 4.78 is 5.36. The highest BCUT2D eigenvalue weighted by atomic mass is 16.5. The molecule has 5 nitrogen and oxygen atoms in total. The van der Waals surface area contributed by atoms with Gasteiger partial charge in [-0.15, -0.1) is 0 Å². The van der Waals surface area contributed by atoms with Gasteiger partial charge in [0.25, 0.3) is 0 Å². The first kappa shape index (κ1) is 17.4. The Morgan fingerprint density at radius 1 is 1.17 bits per heavy atom. The molecule has 0 aromatic heterocycles. The summed E-state index contributed by atoms with van der Waals surface area (Å²) in [4.78, 5) is 11.4. The van der Waals surface area contributed by atoms with Crippen molar-refractivity contribution in [3.05, 3.63) is 0 Å². The molecule has 108 valence electrons. The number of ether oxygens (including phenoxy) is 1. The minimum atomic E-state index is 0.0725. The molecule has 0 aliphatic rings. The number of hydrogen-bond donors (Lipinski definition) is 3. The number of rotatable bonds is 12. The van der Waals surface area contributed by atoms with E-state index in [1.165, 1.54) is 0 Å². The van der Waals surface area contributed by atoms with Crippen LogP contribution in [0.5, 0.6) is 0 Å². The molecule has 3 N–H and O–H groups in total. The maximum Gasteiger partial charge on any atom is 0.222 e. The lowest BCUT2D eigenvalue weighted by atomic mass is 10.3. The molecule has 0 aliphatic carbocycles. The highest BCUT2D eigenvalue weighted by molar-refractivity contribution is 5.75. The molecule has 1 amide bonds. The van der Waals surface area contributed by atoms with E-state index < -0.39 is 0 Å².